The van der Waals surface area contributed by atoms with Crippen molar-refractivity contribution < 1.29 is 0 Å². The predicted octanol–water partition coefficient (Wildman–Crippen LogP) is 1.39. The average Bonchev–Trinajstić information content (AvgIpc) is 2.29. The van der Waals surface area contributed by atoms with Crippen LogP contribution < -0.4 is 11.1 Å². The van der Waals surface area contributed by atoms with E-state index in [1.165, 1.54) is 11.8 Å². The fourth-order valence-electron chi connectivity index (χ4n) is 1.44. The van der Waals surface area contributed by atoms with E-state index in [1.54, 1.807) is 0 Å². The molecule has 2 unspecified atom stereocenters. The molecule has 0 bridgehead atoms. The lowest BCUT2D eigenvalue weighted by atomic mass is 10.0. The van der Waals surface area contributed by atoms with Gasteiger partial charge < -0.3 is 16.5 Å². The Morgan fingerprint density at radius 2 is 2.07 bits per heavy atom. The highest BCUT2D eigenvalue weighted by atomic mass is 14.9. The van der Waals surface area contributed by atoms with Gasteiger partial charge in [-0.25, -0.2) is 0 Å². The summed E-state index contributed by atoms with van der Waals surface area (Å²) >= 11 is 0. The molecular weight excluding hydrogens is 186 g/mol. The van der Waals surface area contributed by atoms with E-state index in [9.17, 15) is 0 Å². The molecule has 1 aromatic carbocycles. The van der Waals surface area contributed by atoms with Crippen LogP contribution in [0.4, 0.5) is 0 Å². The van der Waals surface area contributed by atoms with E-state index < -0.39 is 0 Å². The SMILES string of the molecule is CC(NCc1ccccc1)C(C=N)CN. The van der Waals surface area contributed by atoms with Gasteiger partial charge in [0, 0.05) is 31.3 Å². The molecule has 0 saturated carbocycles. The van der Waals surface area contributed by atoms with E-state index in [0.717, 1.165) is 6.54 Å². The van der Waals surface area contributed by atoms with Gasteiger partial charge in [-0.15, -0.1) is 0 Å². The minimum Gasteiger partial charge on any atom is -0.330 e. The molecule has 0 spiro atoms. The summed E-state index contributed by atoms with van der Waals surface area (Å²) in [6.45, 7) is 3.41. The first-order chi connectivity index (χ1) is 7.27. The summed E-state index contributed by atoms with van der Waals surface area (Å²) in [4.78, 5) is 0. The lowest BCUT2D eigenvalue weighted by molar-refractivity contribution is 0.464. The van der Waals surface area contributed by atoms with Gasteiger partial charge in [-0.3, -0.25) is 0 Å². The maximum Gasteiger partial charge on any atom is 0.0209 e. The number of nitrogens with two attached hydrogens (primary N) is 1. The Balaban J connectivity index is 2.40. The number of rotatable bonds is 6. The van der Waals surface area contributed by atoms with Crippen molar-refractivity contribution in [2.45, 2.75) is 19.5 Å². The highest BCUT2D eigenvalue weighted by molar-refractivity contribution is 5.58. The van der Waals surface area contributed by atoms with Gasteiger partial charge in [0.05, 0.1) is 0 Å². The fraction of sp³-hybridized carbons (Fsp3) is 0.417. The Labute approximate surface area is 91.2 Å². The predicted molar refractivity (Wildman–Crippen MR) is 64.1 cm³/mol. The zero-order chi connectivity index (χ0) is 11.1. The second kappa shape index (κ2) is 6.32. The molecule has 1 aromatic rings. The molecule has 4 N–H and O–H groups in total. The fourth-order valence-corrected chi connectivity index (χ4v) is 1.44. The first-order valence-corrected chi connectivity index (χ1v) is 5.26. The first-order valence-electron chi connectivity index (χ1n) is 5.26. The summed E-state index contributed by atoms with van der Waals surface area (Å²) in [5, 5.41) is 10.6. The van der Waals surface area contributed by atoms with E-state index >= 15 is 0 Å². The largest absolute Gasteiger partial charge is 0.330 e. The zero-order valence-corrected chi connectivity index (χ0v) is 9.11. The van der Waals surface area contributed by atoms with Crippen molar-refractivity contribution >= 4 is 6.21 Å². The number of nitrogens with one attached hydrogen (secondary N) is 2. The van der Waals surface area contributed by atoms with E-state index in [2.05, 4.69) is 24.4 Å². The van der Waals surface area contributed by atoms with Crippen molar-refractivity contribution in [3.8, 4) is 0 Å². The molecule has 0 heterocycles. The molecule has 15 heavy (non-hydrogen) atoms. The van der Waals surface area contributed by atoms with E-state index in [-0.39, 0.29) is 12.0 Å². The van der Waals surface area contributed by atoms with Crippen molar-refractivity contribution in [3.05, 3.63) is 35.9 Å². The Bertz CT molecular complexity index is 284. The molecule has 3 nitrogen and oxygen atoms in total. The third kappa shape index (κ3) is 3.81. The smallest absolute Gasteiger partial charge is 0.0209 e. The van der Waals surface area contributed by atoms with Crippen LogP contribution in [-0.2, 0) is 6.54 Å². The minimum absolute atomic E-state index is 0.119. The Kier molecular flexibility index (Phi) is 5.01. The van der Waals surface area contributed by atoms with Crippen LogP contribution in [0.5, 0.6) is 0 Å². The summed E-state index contributed by atoms with van der Waals surface area (Å²) in [5.74, 6) is 0.119. The average molecular weight is 205 g/mol. The molecule has 2 atom stereocenters. The molecule has 0 saturated heterocycles. The first kappa shape index (κ1) is 11.9. The molecule has 0 aromatic heterocycles. The third-order valence-corrected chi connectivity index (χ3v) is 2.60. The van der Waals surface area contributed by atoms with Crippen molar-refractivity contribution in [1.82, 2.24) is 5.32 Å². The van der Waals surface area contributed by atoms with Gasteiger partial charge >= 0.3 is 0 Å². The second-order valence-corrected chi connectivity index (χ2v) is 3.72. The normalized spacial score (nSPS) is 14.5. The lowest BCUT2D eigenvalue weighted by Gasteiger charge is -2.19. The van der Waals surface area contributed by atoms with Crippen molar-refractivity contribution in [1.29, 1.82) is 5.41 Å². The van der Waals surface area contributed by atoms with Crippen LogP contribution in [0.2, 0.25) is 0 Å². The van der Waals surface area contributed by atoms with Gasteiger partial charge in [0.2, 0.25) is 0 Å². The highest BCUT2D eigenvalue weighted by Crippen LogP contribution is 2.02. The molecule has 0 fully saturated rings. The molecule has 0 aliphatic rings. The Hall–Kier alpha value is -1.19. The summed E-state index contributed by atoms with van der Waals surface area (Å²) in [6.07, 6.45) is 1.42. The number of hydrogen-bond donors (Lipinski definition) is 3. The molecular formula is C12H19N3. The topological polar surface area (TPSA) is 61.9 Å². The summed E-state index contributed by atoms with van der Waals surface area (Å²) in [5.41, 5.74) is 6.82. The van der Waals surface area contributed by atoms with Gasteiger partial charge in [0.25, 0.3) is 0 Å². The minimum atomic E-state index is 0.119. The van der Waals surface area contributed by atoms with E-state index in [1.807, 2.05) is 18.2 Å². The van der Waals surface area contributed by atoms with Crippen molar-refractivity contribution in [2.24, 2.45) is 11.7 Å². The van der Waals surface area contributed by atoms with Crippen molar-refractivity contribution in [3.63, 3.8) is 0 Å². The molecule has 3 heteroatoms. The van der Waals surface area contributed by atoms with Crippen LogP contribution in [-0.4, -0.2) is 18.8 Å². The van der Waals surface area contributed by atoms with Crippen LogP contribution in [0.3, 0.4) is 0 Å². The summed E-state index contributed by atoms with van der Waals surface area (Å²) in [6, 6.07) is 10.5. The number of benzene rings is 1. The quantitative estimate of drug-likeness (QED) is 0.615. The molecule has 0 radical (unpaired) electrons. The third-order valence-electron chi connectivity index (χ3n) is 2.60. The highest BCUT2D eigenvalue weighted by Gasteiger charge is 2.11. The Morgan fingerprint density at radius 3 is 2.60 bits per heavy atom. The maximum absolute atomic E-state index is 7.23. The van der Waals surface area contributed by atoms with Gasteiger partial charge in [-0.1, -0.05) is 30.3 Å². The number of hydrogen-bond acceptors (Lipinski definition) is 3. The van der Waals surface area contributed by atoms with Gasteiger partial charge in [0.1, 0.15) is 0 Å². The van der Waals surface area contributed by atoms with Crippen LogP contribution in [0.15, 0.2) is 30.3 Å². The molecule has 82 valence electrons. The van der Waals surface area contributed by atoms with Gasteiger partial charge in [0.15, 0.2) is 0 Å². The van der Waals surface area contributed by atoms with Crippen LogP contribution in [0.25, 0.3) is 0 Å². The Morgan fingerprint density at radius 1 is 1.40 bits per heavy atom. The van der Waals surface area contributed by atoms with E-state index in [4.69, 9.17) is 11.1 Å². The summed E-state index contributed by atoms with van der Waals surface area (Å²) < 4.78 is 0. The lowest BCUT2D eigenvalue weighted by Crippen LogP contribution is -2.37. The molecule has 1 rings (SSSR count). The molecule has 0 aliphatic carbocycles. The van der Waals surface area contributed by atoms with Crippen molar-refractivity contribution in [2.75, 3.05) is 6.54 Å². The standard InChI is InChI=1S/C12H19N3/c1-10(12(7-13)8-14)15-9-11-5-3-2-4-6-11/h2-7,10,12-13,15H,8-9,14H2,1H3. The van der Waals surface area contributed by atoms with Gasteiger partial charge in [-0.05, 0) is 12.5 Å². The maximum atomic E-state index is 7.23. The molecule has 0 aliphatic heterocycles. The second-order valence-electron chi connectivity index (χ2n) is 3.72. The van der Waals surface area contributed by atoms with Crippen LogP contribution in [0.1, 0.15) is 12.5 Å². The van der Waals surface area contributed by atoms with Gasteiger partial charge in [-0.2, -0.15) is 0 Å². The monoisotopic (exact) mass is 205 g/mol. The summed E-state index contributed by atoms with van der Waals surface area (Å²) in [7, 11) is 0. The molecule has 0 amide bonds. The van der Waals surface area contributed by atoms with Crippen LogP contribution in [0, 0.1) is 11.3 Å². The van der Waals surface area contributed by atoms with Crippen LogP contribution >= 0.6 is 0 Å². The zero-order valence-electron chi connectivity index (χ0n) is 9.11. The van der Waals surface area contributed by atoms with E-state index in [0.29, 0.717) is 6.54 Å².